The Labute approximate surface area is 107 Å². The topological polar surface area (TPSA) is 58.2 Å². The van der Waals surface area contributed by atoms with Crippen LogP contribution in [0, 0.1) is 13.8 Å². The van der Waals surface area contributed by atoms with Crippen molar-refractivity contribution in [2.24, 2.45) is 0 Å². The first-order valence-corrected chi connectivity index (χ1v) is 6.23. The van der Waals surface area contributed by atoms with Crippen molar-refractivity contribution in [3.63, 3.8) is 0 Å². The molecule has 18 heavy (non-hydrogen) atoms. The summed E-state index contributed by atoms with van der Waals surface area (Å²) in [4.78, 5) is 23.6. The van der Waals surface area contributed by atoms with Gasteiger partial charge in [-0.25, -0.2) is 0 Å². The molecule has 1 aromatic rings. The smallest absolute Gasteiger partial charge is 0.251 e. The first-order chi connectivity index (χ1) is 8.56. The van der Waals surface area contributed by atoms with E-state index >= 15 is 0 Å². The van der Waals surface area contributed by atoms with Gasteiger partial charge in [0.1, 0.15) is 6.04 Å². The van der Waals surface area contributed by atoms with E-state index in [1.54, 1.807) is 0 Å². The van der Waals surface area contributed by atoms with Gasteiger partial charge >= 0.3 is 0 Å². The summed E-state index contributed by atoms with van der Waals surface area (Å²) in [6, 6.07) is 5.29. The molecule has 0 bridgehead atoms. The highest BCUT2D eigenvalue weighted by molar-refractivity contribution is 5.97. The number of benzene rings is 1. The molecule has 1 aromatic carbocycles. The summed E-state index contributed by atoms with van der Waals surface area (Å²) in [5.74, 6) is -0.261. The van der Waals surface area contributed by atoms with E-state index < -0.39 is 6.04 Å². The number of hydrogen-bond acceptors (Lipinski definition) is 2. The normalized spacial score (nSPS) is 19.2. The molecule has 0 unspecified atom stereocenters. The Morgan fingerprint density at radius 3 is 2.56 bits per heavy atom. The fraction of sp³-hybridized carbons (Fsp3) is 0.429. The molecule has 4 nitrogen and oxygen atoms in total. The molecule has 2 rings (SSSR count). The standard InChI is InChI=1S/C14H18N2O2/c1-9-6-10(2)8-11(7-9)13(17)16-12-4-3-5-15-14(12)18/h6-8,12H,3-5H2,1-2H3,(H,15,18)(H,16,17)/t12-/m0/s1. The molecule has 1 fully saturated rings. The molecule has 0 aliphatic carbocycles. The Kier molecular flexibility index (Phi) is 3.65. The summed E-state index contributed by atoms with van der Waals surface area (Å²) < 4.78 is 0. The van der Waals surface area contributed by atoms with E-state index in [0.29, 0.717) is 18.5 Å². The van der Waals surface area contributed by atoms with Gasteiger partial charge in [-0.15, -0.1) is 0 Å². The average Bonchev–Trinajstić information content (AvgIpc) is 2.31. The molecule has 0 spiro atoms. The van der Waals surface area contributed by atoms with Gasteiger partial charge in [0.25, 0.3) is 5.91 Å². The molecule has 0 radical (unpaired) electrons. The molecule has 1 aliphatic heterocycles. The van der Waals surface area contributed by atoms with E-state index in [0.717, 1.165) is 17.5 Å². The van der Waals surface area contributed by atoms with Crippen LogP contribution in [0.25, 0.3) is 0 Å². The van der Waals surface area contributed by atoms with Crippen molar-refractivity contribution >= 4 is 11.8 Å². The number of amides is 2. The van der Waals surface area contributed by atoms with Crippen LogP contribution in [-0.4, -0.2) is 24.4 Å². The molecule has 4 heteroatoms. The molecule has 0 saturated carbocycles. The largest absolute Gasteiger partial charge is 0.354 e. The molecule has 2 N–H and O–H groups in total. The first-order valence-electron chi connectivity index (χ1n) is 6.23. The van der Waals surface area contributed by atoms with E-state index in [1.807, 2.05) is 32.0 Å². The van der Waals surface area contributed by atoms with E-state index in [2.05, 4.69) is 10.6 Å². The molecule has 1 saturated heterocycles. The maximum Gasteiger partial charge on any atom is 0.251 e. The fourth-order valence-corrected chi connectivity index (χ4v) is 2.26. The van der Waals surface area contributed by atoms with Crippen molar-refractivity contribution in [1.29, 1.82) is 0 Å². The van der Waals surface area contributed by atoms with Gasteiger partial charge in [-0.2, -0.15) is 0 Å². The third-order valence-corrected chi connectivity index (χ3v) is 3.07. The van der Waals surface area contributed by atoms with Crippen LogP contribution in [0.2, 0.25) is 0 Å². The van der Waals surface area contributed by atoms with E-state index in [4.69, 9.17) is 0 Å². The number of aryl methyl sites for hydroxylation is 2. The molecular formula is C14H18N2O2. The quantitative estimate of drug-likeness (QED) is 0.826. The monoisotopic (exact) mass is 246 g/mol. The SMILES string of the molecule is Cc1cc(C)cc(C(=O)N[C@H]2CCCNC2=O)c1. The zero-order valence-corrected chi connectivity index (χ0v) is 10.7. The zero-order valence-electron chi connectivity index (χ0n) is 10.7. The summed E-state index contributed by atoms with van der Waals surface area (Å²) in [6.07, 6.45) is 1.62. The zero-order chi connectivity index (χ0) is 13.1. The number of carbonyl (C=O) groups is 2. The van der Waals surface area contributed by atoms with E-state index in [1.165, 1.54) is 0 Å². The highest BCUT2D eigenvalue weighted by Gasteiger charge is 2.23. The molecule has 0 aromatic heterocycles. The van der Waals surface area contributed by atoms with Crippen LogP contribution < -0.4 is 10.6 Å². The van der Waals surface area contributed by atoms with Crippen molar-refractivity contribution in [2.45, 2.75) is 32.7 Å². The van der Waals surface area contributed by atoms with Crippen LogP contribution in [0.4, 0.5) is 0 Å². The van der Waals surface area contributed by atoms with Gasteiger partial charge in [-0.1, -0.05) is 17.2 Å². The van der Waals surface area contributed by atoms with Gasteiger partial charge in [0.15, 0.2) is 0 Å². The third-order valence-electron chi connectivity index (χ3n) is 3.07. The van der Waals surface area contributed by atoms with Crippen LogP contribution in [0.1, 0.15) is 34.3 Å². The molecule has 2 amide bonds. The Morgan fingerprint density at radius 1 is 1.28 bits per heavy atom. The van der Waals surface area contributed by atoms with Crippen molar-refractivity contribution in [3.05, 3.63) is 34.9 Å². The van der Waals surface area contributed by atoms with Crippen LogP contribution in [-0.2, 0) is 4.79 Å². The Balaban J connectivity index is 2.09. The number of rotatable bonds is 2. The van der Waals surface area contributed by atoms with Gasteiger partial charge in [-0.3, -0.25) is 9.59 Å². The minimum absolute atomic E-state index is 0.0843. The molecule has 1 heterocycles. The van der Waals surface area contributed by atoms with Gasteiger partial charge in [0, 0.05) is 12.1 Å². The molecule has 1 aliphatic rings. The van der Waals surface area contributed by atoms with Crippen LogP contribution in [0.3, 0.4) is 0 Å². The van der Waals surface area contributed by atoms with Crippen LogP contribution >= 0.6 is 0 Å². The number of piperidine rings is 1. The lowest BCUT2D eigenvalue weighted by atomic mass is 10.0. The van der Waals surface area contributed by atoms with Gasteiger partial charge in [0.05, 0.1) is 0 Å². The summed E-state index contributed by atoms with van der Waals surface area (Å²) in [6.45, 7) is 4.61. The second kappa shape index (κ2) is 5.21. The summed E-state index contributed by atoms with van der Waals surface area (Å²) >= 11 is 0. The Hall–Kier alpha value is -1.84. The van der Waals surface area contributed by atoms with E-state index in [9.17, 15) is 9.59 Å². The van der Waals surface area contributed by atoms with Crippen molar-refractivity contribution in [3.8, 4) is 0 Å². The van der Waals surface area contributed by atoms with E-state index in [-0.39, 0.29) is 11.8 Å². The third kappa shape index (κ3) is 2.88. The van der Waals surface area contributed by atoms with Crippen molar-refractivity contribution < 1.29 is 9.59 Å². The highest BCUT2D eigenvalue weighted by atomic mass is 16.2. The predicted molar refractivity (Wildman–Crippen MR) is 69.4 cm³/mol. The molecule has 1 atom stereocenters. The predicted octanol–water partition coefficient (Wildman–Crippen LogP) is 1.31. The summed E-state index contributed by atoms with van der Waals surface area (Å²) in [7, 11) is 0. The van der Waals surface area contributed by atoms with Gasteiger partial charge in [-0.05, 0) is 38.8 Å². The van der Waals surface area contributed by atoms with Crippen LogP contribution in [0.15, 0.2) is 18.2 Å². The van der Waals surface area contributed by atoms with Gasteiger partial charge in [0.2, 0.25) is 5.91 Å². The minimum atomic E-state index is -0.396. The number of carbonyl (C=O) groups excluding carboxylic acids is 2. The highest BCUT2D eigenvalue weighted by Crippen LogP contribution is 2.10. The Bertz CT molecular complexity index is 462. The maximum absolute atomic E-state index is 12.1. The Morgan fingerprint density at radius 2 is 1.94 bits per heavy atom. The first kappa shape index (κ1) is 12.6. The lowest BCUT2D eigenvalue weighted by Gasteiger charge is -2.22. The fourth-order valence-electron chi connectivity index (χ4n) is 2.26. The summed E-state index contributed by atoms with van der Waals surface area (Å²) in [5.41, 5.74) is 2.72. The van der Waals surface area contributed by atoms with Crippen molar-refractivity contribution in [2.75, 3.05) is 6.54 Å². The lowest BCUT2D eigenvalue weighted by molar-refractivity contribution is -0.124. The number of nitrogens with one attached hydrogen (secondary N) is 2. The summed E-state index contributed by atoms with van der Waals surface area (Å²) in [5, 5.41) is 5.55. The average molecular weight is 246 g/mol. The maximum atomic E-state index is 12.1. The second-order valence-electron chi connectivity index (χ2n) is 4.84. The van der Waals surface area contributed by atoms with Crippen molar-refractivity contribution in [1.82, 2.24) is 10.6 Å². The minimum Gasteiger partial charge on any atom is -0.354 e. The molecule has 96 valence electrons. The molecular weight excluding hydrogens is 228 g/mol. The number of hydrogen-bond donors (Lipinski definition) is 2. The van der Waals surface area contributed by atoms with Gasteiger partial charge < -0.3 is 10.6 Å². The second-order valence-corrected chi connectivity index (χ2v) is 4.84. The van der Waals surface area contributed by atoms with Crippen LogP contribution in [0.5, 0.6) is 0 Å². The lowest BCUT2D eigenvalue weighted by Crippen LogP contribution is -2.50.